The largest absolute Gasteiger partial charge is 0.330 e. The van der Waals surface area contributed by atoms with E-state index in [-0.39, 0.29) is 0 Å². The van der Waals surface area contributed by atoms with E-state index in [0.29, 0.717) is 0 Å². The number of imidazole rings is 1. The molecule has 0 radical (unpaired) electrons. The van der Waals surface area contributed by atoms with Gasteiger partial charge in [0, 0.05) is 35.1 Å². The summed E-state index contributed by atoms with van der Waals surface area (Å²) in [6, 6.07) is 5.10. The molecule has 0 aromatic carbocycles. The predicted molar refractivity (Wildman–Crippen MR) is 70.1 cm³/mol. The fourth-order valence-electron chi connectivity index (χ4n) is 2.04. The van der Waals surface area contributed by atoms with Gasteiger partial charge >= 0.3 is 0 Å². The van der Waals surface area contributed by atoms with Crippen molar-refractivity contribution < 1.29 is 0 Å². The van der Waals surface area contributed by atoms with Crippen LogP contribution in [-0.2, 0) is 13.1 Å². The third kappa shape index (κ3) is 2.58. The quantitative estimate of drug-likeness (QED) is 0.880. The van der Waals surface area contributed by atoms with Crippen molar-refractivity contribution in [3.8, 4) is 0 Å². The Kier molecular flexibility index (Phi) is 2.99. The summed E-state index contributed by atoms with van der Waals surface area (Å²) < 4.78 is 2.31. The van der Waals surface area contributed by atoms with Crippen LogP contribution < -0.4 is 5.32 Å². The Morgan fingerprint density at radius 2 is 2.29 bits per heavy atom. The Bertz CT molecular complexity index is 496. The molecule has 1 N–H and O–H groups in total. The molecule has 3 rings (SSSR count). The summed E-state index contributed by atoms with van der Waals surface area (Å²) >= 11 is 1.86. The van der Waals surface area contributed by atoms with Crippen LogP contribution in [0.5, 0.6) is 0 Å². The molecule has 0 saturated heterocycles. The summed E-state index contributed by atoms with van der Waals surface area (Å²) in [6.07, 6.45) is 6.57. The normalized spacial score (nSPS) is 15.4. The average molecular weight is 247 g/mol. The average Bonchev–Trinajstić information content (AvgIpc) is 2.92. The van der Waals surface area contributed by atoms with Crippen LogP contribution in [0, 0.1) is 6.92 Å². The molecule has 0 amide bonds. The lowest BCUT2D eigenvalue weighted by Crippen LogP contribution is -2.14. The lowest BCUT2D eigenvalue weighted by molar-refractivity contribution is 0.624. The molecule has 1 aliphatic carbocycles. The first-order valence-corrected chi connectivity index (χ1v) is 6.91. The molecule has 1 aliphatic rings. The van der Waals surface area contributed by atoms with Gasteiger partial charge in [-0.05, 0) is 31.9 Å². The summed E-state index contributed by atoms with van der Waals surface area (Å²) in [5.41, 5.74) is 1.31. The van der Waals surface area contributed by atoms with Crippen molar-refractivity contribution in [1.82, 2.24) is 14.9 Å². The van der Waals surface area contributed by atoms with E-state index < -0.39 is 0 Å². The highest BCUT2D eigenvalue weighted by Gasteiger charge is 2.24. The molecule has 0 aliphatic heterocycles. The van der Waals surface area contributed by atoms with E-state index in [1.165, 1.54) is 28.3 Å². The van der Waals surface area contributed by atoms with Gasteiger partial charge in [0.05, 0.1) is 12.0 Å². The maximum atomic E-state index is 4.24. The van der Waals surface area contributed by atoms with E-state index in [4.69, 9.17) is 0 Å². The van der Waals surface area contributed by atoms with E-state index >= 15 is 0 Å². The fraction of sp³-hybridized carbons (Fsp3) is 0.462. The SMILES string of the molecule is Cc1ccc(CNCc2cncn2C2CC2)s1. The van der Waals surface area contributed by atoms with Crippen molar-refractivity contribution >= 4 is 11.3 Å². The minimum Gasteiger partial charge on any atom is -0.330 e. The van der Waals surface area contributed by atoms with Crippen molar-refractivity contribution in [2.75, 3.05) is 0 Å². The Balaban J connectivity index is 1.55. The van der Waals surface area contributed by atoms with Crippen molar-refractivity contribution in [2.24, 2.45) is 0 Å². The number of nitrogens with one attached hydrogen (secondary N) is 1. The van der Waals surface area contributed by atoms with Crippen molar-refractivity contribution in [1.29, 1.82) is 0 Å². The van der Waals surface area contributed by atoms with Crippen molar-refractivity contribution in [3.05, 3.63) is 40.1 Å². The number of thiophene rings is 1. The van der Waals surface area contributed by atoms with Crippen LogP contribution in [0.25, 0.3) is 0 Å². The van der Waals surface area contributed by atoms with E-state index in [9.17, 15) is 0 Å². The minimum absolute atomic E-state index is 0.721. The van der Waals surface area contributed by atoms with Crippen LogP contribution in [0.4, 0.5) is 0 Å². The molecule has 0 atom stereocenters. The number of hydrogen-bond acceptors (Lipinski definition) is 3. The van der Waals surface area contributed by atoms with Gasteiger partial charge in [0.15, 0.2) is 0 Å². The standard InChI is InChI=1S/C13H17N3S/c1-10-2-5-13(17-10)8-14-6-12-7-15-9-16(12)11-3-4-11/h2,5,7,9,11,14H,3-4,6,8H2,1H3. The van der Waals surface area contributed by atoms with Gasteiger partial charge in [0.1, 0.15) is 0 Å². The van der Waals surface area contributed by atoms with Crippen LogP contribution in [0.3, 0.4) is 0 Å². The third-order valence-corrected chi connectivity index (χ3v) is 4.09. The zero-order valence-corrected chi connectivity index (χ0v) is 10.8. The van der Waals surface area contributed by atoms with Crippen molar-refractivity contribution in [2.45, 2.75) is 38.9 Å². The highest BCUT2D eigenvalue weighted by molar-refractivity contribution is 7.11. The first-order chi connectivity index (χ1) is 8.33. The van der Waals surface area contributed by atoms with E-state index in [0.717, 1.165) is 19.1 Å². The molecule has 0 bridgehead atoms. The molecule has 4 heteroatoms. The molecule has 1 saturated carbocycles. The Morgan fingerprint density at radius 1 is 1.41 bits per heavy atom. The zero-order chi connectivity index (χ0) is 11.7. The Labute approximate surface area is 106 Å². The number of aromatic nitrogens is 2. The summed E-state index contributed by atoms with van der Waals surface area (Å²) in [5.74, 6) is 0. The molecule has 0 unspecified atom stereocenters. The zero-order valence-electron chi connectivity index (χ0n) is 10.0. The lowest BCUT2D eigenvalue weighted by atomic mass is 10.4. The molecular weight excluding hydrogens is 230 g/mol. The van der Waals surface area contributed by atoms with E-state index in [2.05, 4.69) is 33.9 Å². The molecule has 1 fully saturated rings. The smallest absolute Gasteiger partial charge is 0.0951 e. The van der Waals surface area contributed by atoms with Gasteiger partial charge in [-0.25, -0.2) is 4.98 Å². The summed E-state index contributed by atoms with van der Waals surface area (Å²) in [7, 11) is 0. The van der Waals surface area contributed by atoms with Gasteiger partial charge < -0.3 is 9.88 Å². The second kappa shape index (κ2) is 4.63. The van der Waals surface area contributed by atoms with Crippen LogP contribution in [0.1, 0.15) is 34.3 Å². The number of rotatable bonds is 5. The second-order valence-corrected chi connectivity index (χ2v) is 6.01. The Morgan fingerprint density at radius 3 is 3.00 bits per heavy atom. The molecule has 2 aromatic heterocycles. The molecule has 90 valence electrons. The maximum absolute atomic E-state index is 4.24. The second-order valence-electron chi connectivity index (χ2n) is 4.64. The molecule has 17 heavy (non-hydrogen) atoms. The summed E-state index contributed by atoms with van der Waals surface area (Å²) in [5, 5.41) is 3.49. The van der Waals surface area contributed by atoms with Crippen LogP contribution in [0.2, 0.25) is 0 Å². The van der Waals surface area contributed by atoms with Gasteiger partial charge in [-0.2, -0.15) is 0 Å². The van der Waals surface area contributed by atoms with Crippen LogP contribution >= 0.6 is 11.3 Å². The lowest BCUT2D eigenvalue weighted by Gasteiger charge is -2.07. The first-order valence-electron chi connectivity index (χ1n) is 6.09. The highest BCUT2D eigenvalue weighted by Crippen LogP contribution is 2.35. The van der Waals surface area contributed by atoms with Crippen molar-refractivity contribution in [3.63, 3.8) is 0 Å². The molecule has 0 spiro atoms. The number of nitrogens with zero attached hydrogens (tertiary/aromatic N) is 2. The van der Waals surface area contributed by atoms with Gasteiger partial charge in [-0.3, -0.25) is 0 Å². The van der Waals surface area contributed by atoms with Gasteiger partial charge in [0.2, 0.25) is 0 Å². The van der Waals surface area contributed by atoms with Gasteiger partial charge in [-0.1, -0.05) is 0 Å². The third-order valence-electron chi connectivity index (χ3n) is 3.09. The van der Waals surface area contributed by atoms with Crippen LogP contribution in [-0.4, -0.2) is 9.55 Å². The summed E-state index contributed by atoms with van der Waals surface area (Å²) in [4.78, 5) is 7.02. The van der Waals surface area contributed by atoms with Gasteiger partial charge in [0.25, 0.3) is 0 Å². The van der Waals surface area contributed by atoms with E-state index in [1.807, 2.05) is 23.9 Å². The topological polar surface area (TPSA) is 29.9 Å². The fourth-order valence-corrected chi connectivity index (χ4v) is 2.90. The van der Waals surface area contributed by atoms with Gasteiger partial charge in [-0.15, -0.1) is 11.3 Å². The number of hydrogen-bond donors (Lipinski definition) is 1. The summed E-state index contributed by atoms with van der Waals surface area (Å²) in [6.45, 7) is 4.01. The number of aryl methyl sites for hydroxylation is 1. The van der Waals surface area contributed by atoms with E-state index in [1.54, 1.807) is 0 Å². The first kappa shape index (κ1) is 11.0. The Hall–Kier alpha value is -1.13. The minimum atomic E-state index is 0.721. The highest BCUT2D eigenvalue weighted by atomic mass is 32.1. The molecule has 2 aromatic rings. The molecular formula is C13H17N3S. The predicted octanol–water partition coefficient (Wildman–Crippen LogP) is 2.88. The molecule has 2 heterocycles. The monoisotopic (exact) mass is 247 g/mol. The van der Waals surface area contributed by atoms with Crippen LogP contribution in [0.15, 0.2) is 24.7 Å². The molecule has 3 nitrogen and oxygen atoms in total. The maximum Gasteiger partial charge on any atom is 0.0951 e.